The number of carbonyl (C=O) groups excluding carboxylic acids is 1. The van der Waals surface area contributed by atoms with Crippen molar-refractivity contribution in [2.45, 2.75) is 13.0 Å². The Kier molecular flexibility index (Phi) is 6.63. The van der Waals surface area contributed by atoms with Crippen LogP contribution in [0.15, 0.2) is 73.1 Å². The van der Waals surface area contributed by atoms with Crippen LogP contribution in [0, 0.1) is 0 Å². The lowest BCUT2D eigenvalue weighted by atomic mass is 10.1. The summed E-state index contributed by atoms with van der Waals surface area (Å²) in [4.78, 5) is 19.4. The quantitative estimate of drug-likeness (QED) is 0.597. The van der Waals surface area contributed by atoms with Crippen molar-refractivity contribution < 1.29 is 14.3 Å². The zero-order valence-electron chi connectivity index (χ0n) is 16.2. The maximum Gasteiger partial charge on any atom is 0.258 e. The van der Waals surface area contributed by atoms with Gasteiger partial charge in [0.1, 0.15) is 0 Å². The Balaban J connectivity index is 1.88. The van der Waals surface area contributed by atoms with Gasteiger partial charge in [0, 0.05) is 25.5 Å². The molecule has 2 aromatic carbocycles. The van der Waals surface area contributed by atoms with E-state index >= 15 is 0 Å². The summed E-state index contributed by atoms with van der Waals surface area (Å²) in [6, 6.07) is 19.3. The first kappa shape index (κ1) is 19.4. The summed E-state index contributed by atoms with van der Waals surface area (Å²) in [6.07, 6.45) is 4.27. The van der Waals surface area contributed by atoms with Crippen LogP contribution in [0.25, 0.3) is 0 Å². The molecule has 0 radical (unpaired) electrons. The molecule has 144 valence electrons. The normalized spacial score (nSPS) is 10.4. The van der Waals surface area contributed by atoms with Gasteiger partial charge in [0.15, 0.2) is 11.5 Å². The molecule has 0 unspecified atom stereocenters. The molecule has 1 aromatic heterocycles. The van der Waals surface area contributed by atoms with Crippen LogP contribution in [-0.4, -0.2) is 36.6 Å². The van der Waals surface area contributed by atoms with Crippen molar-refractivity contribution >= 4 is 5.91 Å². The predicted octanol–water partition coefficient (Wildman–Crippen LogP) is 3.98. The van der Waals surface area contributed by atoms with Gasteiger partial charge >= 0.3 is 0 Å². The molecule has 5 heteroatoms. The number of benzene rings is 2. The maximum atomic E-state index is 13.4. The van der Waals surface area contributed by atoms with E-state index in [-0.39, 0.29) is 5.91 Å². The molecule has 5 nitrogen and oxygen atoms in total. The predicted molar refractivity (Wildman–Crippen MR) is 109 cm³/mol. The van der Waals surface area contributed by atoms with E-state index < -0.39 is 0 Å². The largest absolute Gasteiger partial charge is 0.493 e. The van der Waals surface area contributed by atoms with E-state index in [1.165, 1.54) is 5.56 Å². The third-order valence-corrected chi connectivity index (χ3v) is 4.53. The van der Waals surface area contributed by atoms with Crippen LogP contribution in [0.1, 0.15) is 21.5 Å². The SMILES string of the molecule is COc1cccc(C(=O)N(CCc2ccccc2)Cc2cccnc2)c1OC. The van der Waals surface area contributed by atoms with Crippen molar-refractivity contribution in [3.63, 3.8) is 0 Å². The van der Waals surface area contributed by atoms with Gasteiger partial charge in [-0.1, -0.05) is 42.5 Å². The minimum absolute atomic E-state index is 0.101. The van der Waals surface area contributed by atoms with Crippen molar-refractivity contribution in [3.05, 3.63) is 89.7 Å². The Labute approximate surface area is 165 Å². The van der Waals surface area contributed by atoms with Gasteiger partial charge in [-0.05, 0) is 35.7 Å². The van der Waals surface area contributed by atoms with E-state index in [1.807, 2.05) is 35.2 Å². The number of hydrogen-bond donors (Lipinski definition) is 0. The van der Waals surface area contributed by atoms with Crippen molar-refractivity contribution in [1.82, 2.24) is 9.88 Å². The number of rotatable bonds is 8. The van der Waals surface area contributed by atoms with E-state index in [4.69, 9.17) is 9.47 Å². The van der Waals surface area contributed by atoms with Gasteiger partial charge < -0.3 is 14.4 Å². The number of methoxy groups -OCH3 is 2. The fourth-order valence-corrected chi connectivity index (χ4v) is 3.10. The monoisotopic (exact) mass is 376 g/mol. The van der Waals surface area contributed by atoms with Gasteiger partial charge in [-0.3, -0.25) is 9.78 Å². The van der Waals surface area contributed by atoms with Crippen LogP contribution in [0.3, 0.4) is 0 Å². The highest BCUT2D eigenvalue weighted by atomic mass is 16.5. The van der Waals surface area contributed by atoms with Crippen LogP contribution < -0.4 is 9.47 Å². The van der Waals surface area contributed by atoms with E-state index in [0.717, 1.165) is 12.0 Å². The van der Waals surface area contributed by atoms with E-state index in [1.54, 1.807) is 44.8 Å². The molecule has 0 fully saturated rings. The summed E-state index contributed by atoms with van der Waals surface area (Å²) in [5.74, 6) is 0.888. The first-order chi connectivity index (χ1) is 13.7. The molecule has 0 aliphatic heterocycles. The topological polar surface area (TPSA) is 51.7 Å². The van der Waals surface area contributed by atoms with Crippen LogP contribution in [0.5, 0.6) is 11.5 Å². The van der Waals surface area contributed by atoms with Crippen LogP contribution >= 0.6 is 0 Å². The Bertz CT molecular complexity index is 898. The molecule has 0 N–H and O–H groups in total. The standard InChI is InChI=1S/C23H24N2O3/c1-27-21-12-6-11-20(22(21)28-2)23(26)25(17-19-10-7-14-24-16-19)15-13-18-8-4-3-5-9-18/h3-12,14,16H,13,15,17H2,1-2H3. The summed E-state index contributed by atoms with van der Waals surface area (Å²) in [5.41, 5.74) is 2.65. The average molecular weight is 376 g/mol. The number of carbonyl (C=O) groups is 1. The number of pyridine rings is 1. The van der Waals surface area contributed by atoms with Crippen LogP contribution in [0.4, 0.5) is 0 Å². The summed E-state index contributed by atoms with van der Waals surface area (Å²) in [7, 11) is 3.11. The molecule has 0 atom stereocenters. The smallest absolute Gasteiger partial charge is 0.258 e. The zero-order valence-corrected chi connectivity index (χ0v) is 16.2. The summed E-state index contributed by atoms with van der Waals surface area (Å²) >= 11 is 0. The number of para-hydroxylation sites is 1. The van der Waals surface area contributed by atoms with E-state index in [9.17, 15) is 4.79 Å². The third kappa shape index (κ3) is 4.68. The number of nitrogens with zero attached hydrogens (tertiary/aromatic N) is 2. The molecule has 1 heterocycles. The van der Waals surface area contributed by atoms with Crippen molar-refractivity contribution in [1.29, 1.82) is 0 Å². The number of aromatic nitrogens is 1. The van der Waals surface area contributed by atoms with Crippen molar-refractivity contribution in [2.75, 3.05) is 20.8 Å². The number of hydrogen-bond acceptors (Lipinski definition) is 4. The van der Waals surface area contributed by atoms with Gasteiger partial charge in [-0.15, -0.1) is 0 Å². The molecule has 0 saturated carbocycles. The lowest BCUT2D eigenvalue weighted by molar-refractivity contribution is 0.0741. The van der Waals surface area contributed by atoms with Crippen LogP contribution in [-0.2, 0) is 13.0 Å². The summed E-state index contributed by atoms with van der Waals surface area (Å²) in [6.45, 7) is 1.05. The number of amides is 1. The second-order valence-electron chi connectivity index (χ2n) is 6.36. The molecule has 0 aliphatic carbocycles. The number of ether oxygens (including phenoxy) is 2. The molecule has 1 amide bonds. The van der Waals surface area contributed by atoms with Gasteiger partial charge in [-0.25, -0.2) is 0 Å². The Morgan fingerprint density at radius 2 is 1.71 bits per heavy atom. The molecule has 0 bridgehead atoms. The average Bonchev–Trinajstić information content (AvgIpc) is 2.76. The second-order valence-corrected chi connectivity index (χ2v) is 6.36. The zero-order chi connectivity index (χ0) is 19.8. The highest BCUT2D eigenvalue weighted by molar-refractivity contribution is 5.97. The lowest BCUT2D eigenvalue weighted by Crippen LogP contribution is -2.33. The van der Waals surface area contributed by atoms with Gasteiger partial charge in [0.2, 0.25) is 0 Å². The molecule has 0 saturated heterocycles. The highest BCUT2D eigenvalue weighted by Gasteiger charge is 2.22. The molecule has 3 rings (SSSR count). The van der Waals surface area contributed by atoms with Crippen molar-refractivity contribution in [3.8, 4) is 11.5 Å². The molecule has 3 aromatic rings. The first-order valence-electron chi connectivity index (χ1n) is 9.16. The van der Waals surface area contributed by atoms with Gasteiger partial charge in [0.25, 0.3) is 5.91 Å². The molecule has 0 spiro atoms. The van der Waals surface area contributed by atoms with E-state index in [2.05, 4.69) is 17.1 Å². The summed E-state index contributed by atoms with van der Waals surface area (Å²) < 4.78 is 10.8. The van der Waals surface area contributed by atoms with Gasteiger partial charge in [-0.2, -0.15) is 0 Å². The first-order valence-corrected chi connectivity index (χ1v) is 9.16. The molecular weight excluding hydrogens is 352 g/mol. The van der Waals surface area contributed by atoms with E-state index in [0.29, 0.717) is 30.2 Å². The summed E-state index contributed by atoms with van der Waals surface area (Å²) in [5, 5.41) is 0. The Morgan fingerprint density at radius 3 is 2.39 bits per heavy atom. The highest BCUT2D eigenvalue weighted by Crippen LogP contribution is 2.31. The molecular formula is C23H24N2O3. The molecule has 0 aliphatic rings. The Hall–Kier alpha value is -3.34. The Morgan fingerprint density at radius 1 is 0.929 bits per heavy atom. The second kappa shape index (κ2) is 9.55. The third-order valence-electron chi connectivity index (χ3n) is 4.53. The molecule has 28 heavy (non-hydrogen) atoms. The van der Waals surface area contributed by atoms with Crippen molar-refractivity contribution in [2.24, 2.45) is 0 Å². The minimum atomic E-state index is -0.101. The van der Waals surface area contributed by atoms with Crippen LogP contribution in [0.2, 0.25) is 0 Å². The maximum absolute atomic E-state index is 13.4. The minimum Gasteiger partial charge on any atom is -0.493 e. The lowest BCUT2D eigenvalue weighted by Gasteiger charge is -2.24. The fourth-order valence-electron chi connectivity index (χ4n) is 3.10. The fraction of sp³-hybridized carbons (Fsp3) is 0.217. The van der Waals surface area contributed by atoms with Gasteiger partial charge in [0.05, 0.1) is 19.8 Å².